The fraction of sp³-hybridized carbons (Fsp3) is 0.300. The second-order valence-electron chi connectivity index (χ2n) is 3.14. The molecule has 0 spiro atoms. The third kappa shape index (κ3) is 3.61. The van der Waals surface area contributed by atoms with Gasteiger partial charge in [-0.3, -0.25) is 4.79 Å². The molecule has 0 unspecified atom stereocenters. The van der Waals surface area contributed by atoms with Crippen molar-refractivity contribution in [1.29, 1.82) is 0 Å². The molecule has 15 heavy (non-hydrogen) atoms. The van der Waals surface area contributed by atoms with Gasteiger partial charge in [-0.25, -0.2) is 0 Å². The largest absolute Gasteiger partial charge is 0.505 e. The number of hydrogen-bond donors (Lipinski definition) is 2. The quantitative estimate of drug-likeness (QED) is 0.862. The van der Waals surface area contributed by atoms with Crippen molar-refractivity contribution < 1.29 is 9.90 Å². The minimum Gasteiger partial charge on any atom is -0.505 e. The van der Waals surface area contributed by atoms with E-state index in [1.54, 1.807) is 12.1 Å². The number of rotatable bonds is 3. The highest BCUT2D eigenvalue weighted by molar-refractivity contribution is 6.37. The zero-order valence-corrected chi connectivity index (χ0v) is 9.69. The number of phenolic OH excluding ortho intramolecular Hbond substituents is 1. The van der Waals surface area contributed by atoms with E-state index in [0.29, 0.717) is 13.0 Å². The summed E-state index contributed by atoms with van der Waals surface area (Å²) in [5.74, 6) is -0.187. The van der Waals surface area contributed by atoms with Crippen molar-refractivity contribution in [2.75, 3.05) is 6.54 Å². The first kappa shape index (κ1) is 12.1. The summed E-state index contributed by atoms with van der Waals surface area (Å²) in [6, 6.07) is 3.26. The van der Waals surface area contributed by atoms with E-state index in [1.165, 1.54) is 6.92 Å². The van der Waals surface area contributed by atoms with Crippen LogP contribution in [0.5, 0.6) is 5.75 Å². The van der Waals surface area contributed by atoms with Gasteiger partial charge in [0.1, 0.15) is 0 Å². The molecule has 0 heterocycles. The second-order valence-corrected chi connectivity index (χ2v) is 3.96. The van der Waals surface area contributed by atoms with Gasteiger partial charge in [0.25, 0.3) is 0 Å². The van der Waals surface area contributed by atoms with Gasteiger partial charge in [0.05, 0.1) is 10.0 Å². The second kappa shape index (κ2) is 5.24. The zero-order chi connectivity index (χ0) is 11.4. The molecule has 0 saturated carbocycles. The predicted molar refractivity (Wildman–Crippen MR) is 60.5 cm³/mol. The first-order valence-corrected chi connectivity index (χ1v) is 5.17. The summed E-state index contributed by atoms with van der Waals surface area (Å²) in [6.45, 7) is 1.98. The van der Waals surface area contributed by atoms with Crippen molar-refractivity contribution in [1.82, 2.24) is 5.32 Å². The fourth-order valence-corrected chi connectivity index (χ4v) is 1.68. The molecule has 0 aliphatic heterocycles. The van der Waals surface area contributed by atoms with E-state index in [-0.39, 0.29) is 21.7 Å². The maximum atomic E-state index is 10.6. The Kier molecular flexibility index (Phi) is 4.24. The minimum atomic E-state index is -0.110. The third-order valence-electron chi connectivity index (χ3n) is 1.86. The molecule has 0 aliphatic rings. The Labute approximate surface area is 98.0 Å². The molecule has 1 amide bonds. The summed E-state index contributed by atoms with van der Waals surface area (Å²) in [4.78, 5) is 10.6. The van der Waals surface area contributed by atoms with Crippen molar-refractivity contribution in [3.8, 4) is 5.75 Å². The molecule has 0 aromatic heterocycles. The monoisotopic (exact) mass is 247 g/mol. The highest BCUT2D eigenvalue weighted by Gasteiger charge is 2.06. The van der Waals surface area contributed by atoms with Gasteiger partial charge >= 0.3 is 0 Å². The molecule has 0 bridgehead atoms. The number of phenols is 1. The van der Waals surface area contributed by atoms with E-state index in [2.05, 4.69) is 5.32 Å². The van der Waals surface area contributed by atoms with Gasteiger partial charge in [0.15, 0.2) is 5.75 Å². The van der Waals surface area contributed by atoms with Crippen molar-refractivity contribution in [2.24, 2.45) is 0 Å². The van der Waals surface area contributed by atoms with E-state index >= 15 is 0 Å². The number of carbonyl (C=O) groups is 1. The molecular weight excluding hydrogens is 237 g/mol. The highest BCUT2D eigenvalue weighted by atomic mass is 35.5. The van der Waals surface area contributed by atoms with Gasteiger partial charge in [0, 0.05) is 13.5 Å². The lowest BCUT2D eigenvalue weighted by atomic mass is 10.1. The molecule has 0 aliphatic carbocycles. The van der Waals surface area contributed by atoms with Crippen molar-refractivity contribution >= 4 is 29.1 Å². The molecule has 0 radical (unpaired) electrons. The van der Waals surface area contributed by atoms with E-state index in [9.17, 15) is 9.90 Å². The average molecular weight is 248 g/mol. The van der Waals surface area contributed by atoms with Gasteiger partial charge in [0.2, 0.25) is 5.91 Å². The third-order valence-corrected chi connectivity index (χ3v) is 2.44. The number of nitrogens with one attached hydrogen (secondary N) is 1. The summed E-state index contributed by atoms with van der Waals surface area (Å²) < 4.78 is 0. The lowest BCUT2D eigenvalue weighted by molar-refractivity contribution is -0.118. The zero-order valence-electron chi connectivity index (χ0n) is 8.18. The SMILES string of the molecule is CC(=O)NCCc1cc(Cl)c(O)c(Cl)c1. The maximum absolute atomic E-state index is 10.6. The van der Waals surface area contributed by atoms with E-state index in [0.717, 1.165) is 5.56 Å². The first-order chi connectivity index (χ1) is 7.00. The Morgan fingerprint density at radius 3 is 2.40 bits per heavy atom. The van der Waals surface area contributed by atoms with Gasteiger partial charge < -0.3 is 10.4 Å². The normalized spacial score (nSPS) is 10.1. The summed E-state index contributed by atoms with van der Waals surface area (Å²) in [5.41, 5.74) is 0.872. The molecule has 1 rings (SSSR count). The Morgan fingerprint density at radius 2 is 1.93 bits per heavy atom. The number of hydrogen-bond acceptors (Lipinski definition) is 2. The van der Waals surface area contributed by atoms with Crippen LogP contribution in [-0.4, -0.2) is 17.6 Å². The van der Waals surface area contributed by atoms with E-state index in [4.69, 9.17) is 23.2 Å². The Bertz CT molecular complexity index is 357. The minimum absolute atomic E-state index is 0.0778. The lowest BCUT2D eigenvalue weighted by Crippen LogP contribution is -2.22. The Hall–Kier alpha value is -0.930. The Balaban J connectivity index is 2.66. The molecule has 2 N–H and O–H groups in total. The van der Waals surface area contributed by atoms with Gasteiger partial charge in [-0.05, 0) is 24.1 Å². The number of benzene rings is 1. The van der Waals surface area contributed by atoms with Crippen LogP contribution in [-0.2, 0) is 11.2 Å². The van der Waals surface area contributed by atoms with E-state index in [1.807, 2.05) is 0 Å². The van der Waals surface area contributed by atoms with Gasteiger partial charge in [-0.1, -0.05) is 23.2 Å². The van der Waals surface area contributed by atoms with Crippen LogP contribution in [0.25, 0.3) is 0 Å². The maximum Gasteiger partial charge on any atom is 0.216 e. The molecule has 1 aromatic rings. The van der Waals surface area contributed by atoms with Crippen LogP contribution in [0, 0.1) is 0 Å². The summed E-state index contributed by atoms with van der Waals surface area (Å²) in [5, 5.41) is 12.4. The summed E-state index contributed by atoms with van der Waals surface area (Å²) in [6.07, 6.45) is 0.624. The van der Waals surface area contributed by atoms with Crippen LogP contribution in [0.3, 0.4) is 0 Å². The standard InChI is InChI=1S/C10H11Cl2NO2/c1-6(14)13-3-2-7-4-8(11)10(15)9(12)5-7/h4-5,15H,2-3H2,1H3,(H,13,14). The van der Waals surface area contributed by atoms with Gasteiger partial charge in [-0.2, -0.15) is 0 Å². The van der Waals surface area contributed by atoms with Crippen LogP contribution in [0.15, 0.2) is 12.1 Å². The lowest BCUT2D eigenvalue weighted by Gasteiger charge is -2.05. The van der Waals surface area contributed by atoms with Crippen molar-refractivity contribution in [2.45, 2.75) is 13.3 Å². The smallest absolute Gasteiger partial charge is 0.216 e. The highest BCUT2D eigenvalue weighted by Crippen LogP contribution is 2.32. The topological polar surface area (TPSA) is 49.3 Å². The predicted octanol–water partition coefficient (Wildman–Crippen LogP) is 2.38. The molecular formula is C10H11Cl2NO2. The molecule has 0 atom stereocenters. The van der Waals surface area contributed by atoms with Crippen LogP contribution in [0.2, 0.25) is 10.0 Å². The molecule has 0 fully saturated rings. The van der Waals surface area contributed by atoms with Crippen LogP contribution in [0.4, 0.5) is 0 Å². The number of aromatic hydroxyl groups is 1. The average Bonchev–Trinajstić information content (AvgIpc) is 2.13. The molecule has 82 valence electrons. The van der Waals surface area contributed by atoms with Crippen molar-refractivity contribution in [3.63, 3.8) is 0 Å². The fourth-order valence-electron chi connectivity index (χ4n) is 1.15. The number of amides is 1. The number of carbonyl (C=O) groups excluding carboxylic acids is 1. The molecule has 1 aromatic carbocycles. The van der Waals surface area contributed by atoms with Gasteiger partial charge in [-0.15, -0.1) is 0 Å². The van der Waals surface area contributed by atoms with Crippen LogP contribution in [0.1, 0.15) is 12.5 Å². The van der Waals surface area contributed by atoms with E-state index < -0.39 is 0 Å². The Morgan fingerprint density at radius 1 is 1.40 bits per heavy atom. The van der Waals surface area contributed by atoms with Crippen LogP contribution >= 0.6 is 23.2 Å². The van der Waals surface area contributed by atoms with Crippen molar-refractivity contribution in [3.05, 3.63) is 27.7 Å². The molecule has 5 heteroatoms. The summed E-state index contributed by atoms with van der Waals surface area (Å²) in [7, 11) is 0. The molecule has 0 saturated heterocycles. The number of halogens is 2. The molecule has 3 nitrogen and oxygen atoms in total. The van der Waals surface area contributed by atoms with Crippen LogP contribution < -0.4 is 5.32 Å². The first-order valence-electron chi connectivity index (χ1n) is 4.42. The summed E-state index contributed by atoms with van der Waals surface area (Å²) >= 11 is 11.5.